The van der Waals surface area contributed by atoms with Crippen molar-refractivity contribution in [3.8, 4) is 0 Å². The number of esters is 1. The Labute approximate surface area is 125 Å². The van der Waals surface area contributed by atoms with Crippen molar-refractivity contribution in [3.63, 3.8) is 0 Å². The molecule has 0 aliphatic heterocycles. The molecule has 2 unspecified atom stereocenters. The molecular formula is C14H25N3O2S. The summed E-state index contributed by atoms with van der Waals surface area (Å²) in [5.41, 5.74) is -0.680. The molecule has 6 heteroatoms. The highest BCUT2D eigenvalue weighted by Crippen LogP contribution is 2.28. The molecule has 0 aliphatic rings. The van der Waals surface area contributed by atoms with Crippen LogP contribution in [0.15, 0.2) is 17.6 Å². The van der Waals surface area contributed by atoms with Crippen molar-refractivity contribution in [2.75, 3.05) is 7.11 Å². The summed E-state index contributed by atoms with van der Waals surface area (Å²) in [6.45, 7) is 8.05. The number of aromatic nitrogens is 2. The molecule has 2 atom stereocenters. The number of carbonyl (C=O) groups is 1. The minimum atomic E-state index is -0.680. The molecule has 0 saturated carbocycles. The number of thioether (sulfide) groups is 1. The lowest BCUT2D eigenvalue weighted by Crippen LogP contribution is -2.54. The van der Waals surface area contributed by atoms with E-state index in [9.17, 15) is 4.79 Å². The molecule has 0 radical (unpaired) electrons. The van der Waals surface area contributed by atoms with Gasteiger partial charge >= 0.3 is 5.97 Å². The Morgan fingerprint density at radius 2 is 2.20 bits per heavy atom. The number of rotatable bonds is 7. The Balaban J connectivity index is 2.74. The van der Waals surface area contributed by atoms with Crippen LogP contribution in [0.5, 0.6) is 0 Å². The van der Waals surface area contributed by atoms with Crippen molar-refractivity contribution >= 4 is 17.7 Å². The highest BCUT2D eigenvalue weighted by Gasteiger charge is 2.36. The second-order valence-corrected chi connectivity index (χ2v) is 6.98. The molecule has 0 amide bonds. The fraction of sp³-hybridized carbons (Fsp3) is 0.714. The Morgan fingerprint density at radius 1 is 1.55 bits per heavy atom. The molecule has 5 nitrogen and oxygen atoms in total. The number of aryl methyl sites for hydroxylation is 1. The van der Waals surface area contributed by atoms with Gasteiger partial charge in [-0.3, -0.25) is 10.1 Å². The highest BCUT2D eigenvalue weighted by atomic mass is 32.2. The van der Waals surface area contributed by atoms with Crippen LogP contribution in [0.25, 0.3) is 0 Å². The number of carbonyl (C=O) groups excluding carboxylic acids is 1. The second-order valence-electron chi connectivity index (χ2n) is 5.58. The zero-order valence-electron chi connectivity index (χ0n) is 13.1. The molecule has 1 heterocycles. The Hall–Kier alpha value is -1.01. The van der Waals surface area contributed by atoms with Crippen LogP contribution >= 0.6 is 11.8 Å². The number of hydrogen-bond donors (Lipinski definition) is 1. The maximum Gasteiger partial charge on any atom is 0.325 e. The average molecular weight is 299 g/mol. The van der Waals surface area contributed by atoms with Crippen molar-refractivity contribution in [3.05, 3.63) is 12.4 Å². The SMILES string of the molecule is COC(=O)C(C)(CC(C)Sc1nccn1C)NC(C)C. The number of methoxy groups -OCH3 is 1. The van der Waals surface area contributed by atoms with Crippen LogP contribution in [-0.4, -0.2) is 39.5 Å². The second kappa shape index (κ2) is 7.13. The molecule has 1 N–H and O–H groups in total. The predicted molar refractivity (Wildman–Crippen MR) is 81.8 cm³/mol. The smallest absolute Gasteiger partial charge is 0.325 e. The van der Waals surface area contributed by atoms with Crippen LogP contribution in [0.2, 0.25) is 0 Å². The summed E-state index contributed by atoms with van der Waals surface area (Å²) in [6.07, 6.45) is 4.37. The molecule has 1 rings (SSSR count). The van der Waals surface area contributed by atoms with Gasteiger partial charge in [0.1, 0.15) is 5.54 Å². The molecule has 1 aromatic heterocycles. The summed E-state index contributed by atoms with van der Waals surface area (Å²) < 4.78 is 6.92. The summed E-state index contributed by atoms with van der Waals surface area (Å²) in [7, 11) is 3.40. The van der Waals surface area contributed by atoms with E-state index in [2.05, 4.69) is 17.2 Å². The van der Waals surface area contributed by atoms with Crippen molar-refractivity contribution in [1.82, 2.24) is 14.9 Å². The lowest BCUT2D eigenvalue weighted by Gasteiger charge is -2.32. The van der Waals surface area contributed by atoms with Gasteiger partial charge in [0.05, 0.1) is 7.11 Å². The number of nitrogens with one attached hydrogen (secondary N) is 1. The van der Waals surface area contributed by atoms with E-state index in [1.165, 1.54) is 7.11 Å². The van der Waals surface area contributed by atoms with E-state index in [4.69, 9.17) is 4.74 Å². The normalized spacial score (nSPS) is 15.9. The van der Waals surface area contributed by atoms with Gasteiger partial charge < -0.3 is 9.30 Å². The lowest BCUT2D eigenvalue weighted by atomic mass is 9.95. The highest BCUT2D eigenvalue weighted by molar-refractivity contribution is 7.99. The number of hydrogen-bond acceptors (Lipinski definition) is 5. The van der Waals surface area contributed by atoms with Gasteiger partial charge in [0, 0.05) is 30.7 Å². The largest absolute Gasteiger partial charge is 0.468 e. The van der Waals surface area contributed by atoms with Crippen LogP contribution < -0.4 is 5.32 Å². The van der Waals surface area contributed by atoms with E-state index in [1.807, 2.05) is 38.6 Å². The number of imidazole rings is 1. The van der Waals surface area contributed by atoms with E-state index in [1.54, 1.807) is 18.0 Å². The fourth-order valence-electron chi connectivity index (χ4n) is 2.33. The zero-order valence-corrected chi connectivity index (χ0v) is 14.0. The van der Waals surface area contributed by atoms with Gasteiger partial charge in [0.2, 0.25) is 0 Å². The molecule has 0 bridgehead atoms. The summed E-state index contributed by atoms with van der Waals surface area (Å²) in [4.78, 5) is 16.4. The third-order valence-corrected chi connectivity index (χ3v) is 4.20. The fourth-order valence-corrected chi connectivity index (χ4v) is 3.45. The van der Waals surface area contributed by atoms with Crippen LogP contribution in [0.1, 0.15) is 34.1 Å². The average Bonchev–Trinajstić information content (AvgIpc) is 2.72. The summed E-state index contributed by atoms with van der Waals surface area (Å²) in [5.74, 6) is -0.224. The molecule has 0 saturated heterocycles. The molecule has 0 fully saturated rings. The lowest BCUT2D eigenvalue weighted by molar-refractivity contribution is -0.148. The van der Waals surface area contributed by atoms with Gasteiger partial charge in [-0.25, -0.2) is 4.98 Å². The van der Waals surface area contributed by atoms with Gasteiger partial charge in [-0.2, -0.15) is 0 Å². The van der Waals surface area contributed by atoms with Crippen molar-refractivity contribution in [2.45, 2.75) is 56.1 Å². The van der Waals surface area contributed by atoms with Gasteiger partial charge in [0.25, 0.3) is 0 Å². The Kier molecular flexibility index (Phi) is 6.07. The summed E-state index contributed by atoms with van der Waals surface area (Å²) in [5, 5.41) is 4.51. The van der Waals surface area contributed by atoms with Gasteiger partial charge in [-0.05, 0) is 27.2 Å². The van der Waals surface area contributed by atoms with E-state index >= 15 is 0 Å². The van der Waals surface area contributed by atoms with Crippen molar-refractivity contribution in [2.24, 2.45) is 7.05 Å². The monoisotopic (exact) mass is 299 g/mol. The first-order valence-electron chi connectivity index (χ1n) is 6.78. The topological polar surface area (TPSA) is 56.1 Å². The van der Waals surface area contributed by atoms with E-state index in [0.29, 0.717) is 6.42 Å². The van der Waals surface area contributed by atoms with E-state index in [-0.39, 0.29) is 17.3 Å². The minimum Gasteiger partial charge on any atom is -0.468 e. The van der Waals surface area contributed by atoms with Crippen LogP contribution in [0.4, 0.5) is 0 Å². The van der Waals surface area contributed by atoms with Gasteiger partial charge in [-0.1, -0.05) is 18.7 Å². The molecule has 0 aromatic carbocycles. The predicted octanol–water partition coefficient (Wildman–Crippen LogP) is 2.22. The molecule has 1 aromatic rings. The van der Waals surface area contributed by atoms with E-state index in [0.717, 1.165) is 5.16 Å². The first-order valence-corrected chi connectivity index (χ1v) is 7.66. The van der Waals surface area contributed by atoms with Crippen LogP contribution in [0, 0.1) is 0 Å². The first-order chi connectivity index (χ1) is 9.28. The number of nitrogens with zero attached hydrogens (tertiary/aromatic N) is 2. The third kappa shape index (κ3) is 4.52. The van der Waals surface area contributed by atoms with Gasteiger partial charge in [0.15, 0.2) is 5.16 Å². The Morgan fingerprint density at radius 3 is 2.65 bits per heavy atom. The molecule has 0 spiro atoms. The van der Waals surface area contributed by atoms with E-state index < -0.39 is 5.54 Å². The molecule has 114 valence electrons. The van der Waals surface area contributed by atoms with Gasteiger partial charge in [-0.15, -0.1) is 0 Å². The molecule has 0 aliphatic carbocycles. The maximum absolute atomic E-state index is 12.1. The Bertz CT molecular complexity index is 447. The quantitative estimate of drug-likeness (QED) is 0.618. The van der Waals surface area contributed by atoms with Crippen molar-refractivity contribution < 1.29 is 9.53 Å². The summed E-state index contributed by atoms with van der Waals surface area (Å²) in [6, 6.07) is 0.212. The molecule has 20 heavy (non-hydrogen) atoms. The van der Waals surface area contributed by atoms with Crippen molar-refractivity contribution in [1.29, 1.82) is 0 Å². The number of ether oxygens (including phenoxy) is 1. The first kappa shape index (κ1) is 17.0. The zero-order chi connectivity index (χ0) is 15.3. The third-order valence-electron chi connectivity index (χ3n) is 3.02. The minimum absolute atomic E-state index is 0.212. The maximum atomic E-state index is 12.1. The molecular weight excluding hydrogens is 274 g/mol. The standard InChI is InChI=1S/C14H25N3O2S/c1-10(2)16-14(4,12(18)19-6)9-11(3)20-13-15-7-8-17(13)5/h7-8,10-11,16H,9H2,1-6H3. The summed E-state index contributed by atoms with van der Waals surface area (Å²) >= 11 is 1.66. The van der Waals surface area contributed by atoms with Crippen LogP contribution in [0.3, 0.4) is 0 Å². The van der Waals surface area contributed by atoms with Crippen LogP contribution in [-0.2, 0) is 16.6 Å².